The molecule has 2 heteroatoms. The summed E-state index contributed by atoms with van der Waals surface area (Å²) >= 11 is 0. The monoisotopic (exact) mass is 578 g/mol. The molecule has 0 aromatic heterocycles. The van der Waals surface area contributed by atoms with E-state index in [1.54, 1.807) is 0 Å². The first-order valence-corrected chi connectivity index (χ1v) is 15.5. The van der Waals surface area contributed by atoms with Crippen LogP contribution in [-0.2, 0) is 0 Å². The van der Waals surface area contributed by atoms with Gasteiger partial charge in [-0.15, -0.1) is 0 Å². The maximum absolute atomic E-state index is 10.5. The van der Waals surface area contributed by atoms with E-state index in [0.717, 1.165) is 49.2 Å². The minimum Gasteiger partial charge on any atom is -0.238 e. The van der Waals surface area contributed by atoms with E-state index in [4.69, 9.17) is 6.57 Å². The lowest BCUT2D eigenvalue weighted by atomic mass is 9.82. The Kier molecular flexibility index (Phi) is 4.89. The van der Waals surface area contributed by atoms with Crippen LogP contribution in [0.1, 0.15) is 5.56 Å². The second-order valence-corrected chi connectivity index (χ2v) is 12.1. The zero-order valence-corrected chi connectivity index (χ0v) is 24.6. The van der Waals surface area contributed by atoms with Crippen molar-refractivity contribution in [1.29, 1.82) is 5.26 Å². The summed E-state index contributed by atoms with van der Waals surface area (Å²) in [5.41, 5.74) is 5.29. The highest BCUT2D eigenvalue weighted by atomic mass is 14.6. The summed E-state index contributed by atoms with van der Waals surface area (Å²) in [7, 11) is 0. The third kappa shape index (κ3) is 3.03. The van der Waals surface area contributed by atoms with Crippen LogP contribution in [0.4, 0.5) is 5.69 Å². The fraction of sp³-hybridized carbons (Fsp3) is 0. The number of nitrogens with zero attached hydrogens (tertiary/aromatic N) is 2. The molecular formula is C44H22N2. The molecule has 0 atom stereocenters. The molecule has 0 amide bonds. The molecular weight excluding hydrogens is 556 g/mol. The molecule has 2 nitrogen and oxygen atoms in total. The Balaban J connectivity index is 1.63. The van der Waals surface area contributed by atoms with E-state index in [1.165, 1.54) is 48.5 Å². The van der Waals surface area contributed by atoms with E-state index in [9.17, 15) is 5.26 Å². The van der Waals surface area contributed by atoms with Crippen LogP contribution < -0.4 is 0 Å². The highest BCUT2D eigenvalue weighted by Crippen LogP contribution is 2.55. The van der Waals surface area contributed by atoms with Gasteiger partial charge in [-0.2, -0.15) is 5.26 Å². The smallest absolute Gasteiger partial charge is 0.194 e. The standard InChI is InChI=1S/C44H22N2/c1-46-37-22-7-6-17-31(37)40-36-23-35-29-16-5-4-15-28(29)30-18-10-21-34(39(30)35)41(36)42(27-14-3-2-11-26(27)24-45)44-33-20-9-13-25-12-8-19-32(38(25)33)43(40)44/h2-23H. The van der Waals surface area contributed by atoms with E-state index >= 15 is 0 Å². The minimum absolute atomic E-state index is 0.630. The molecule has 0 spiro atoms. The fourth-order valence-electron chi connectivity index (χ4n) is 8.28. The summed E-state index contributed by atoms with van der Waals surface area (Å²) in [6.07, 6.45) is 0. The van der Waals surface area contributed by atoms with Gasteiger partial charge in [0.25, 0.3) is 0 Å². The Morgan fingerprint density at radius 1 is 0.435 bits per heavy atom. The number of para-hydroxylation sites is 1. The van der Waals surface area contributed by atoms with Gasteiger partial charge in [0, 0.05) is 5.56 Å². The minimum atomic E-state index is 0.630. The summed E-state index contributed by atoms with van der Waals surface area (Å²) < 4.78 is 0. The number of rotatable bonds is 2. The maximum Gasteiger partial charge on any atom is 0.194 e. The van der Waals surface area contributed by atoms with Gasteiger partial charge in [0.1, 0.15) is 0 Å². The Bertz CT molecular complexity index is 2980. The SMILES string of the molecule is [C-]#[N+]c1ccccc1-c1c2cc3c4ccccc4c4cccc(c2c(-c2ccccc2C#N)c2c5cccc6cccc(c12)c65)c43. The number of hydrogen-bond acceptors (Lipinski definition) is 1. The van der Waals surface area contributed by atoms with Crippen LogP contribution in [0, 0.1) is 17.9 Å². The van der Waals surface area contributed by atoms with Gasteiger partial charge >= 0.3 is 0 Å². The topological polar surface area (TPSA) is 28.1 Å². The van der Waals surface area contributed by atoms with Crippen LogP contribution in [0.25, 0.3) is 103 Å². The van der Waals surface area contributed by atoms with Crippen molar-refractivity contribution in [3.63, 3.8) is 0 Å². The van der Waals surface area contributed by atoms with Gasteiger partial charge in [0.15, 0.2) is 5.69 Å². The molecule has 0 bridgehead atoms. The third-order valence-corrected chi connectivity index (χ3v) is 9.99. The largest absolute Gasteiger partial charge is 0.238 e. The van der Waals surface area contributed by atoms with Crippen LogP contribution in [0.15, 0.2) is 133 Å². The van der Waals surface area contributed by atoms with Crippen LogP contribution in [-0.4, -0.2) is 0 Å². The molecule has 10 aromatic carbocycles. The van der Waals surface area contributed by atoms with Gasteiger partial charge in [0.05, 0.1) is 18.2 Å². The molecule has 0 N–H and O–H groups in total. The molecule has 0 aliphatic rings. The van der Waals surface area contributed by atoms with Crippen LogP contribution in [0.3, 0.4) is 0 Å². The summed E-state index contributed by atoms with van der Waals surface area (Å²) in [5, 5.41) is 27.0. The molecule has 208 valence electrons. The molecule has 0 unspecified atom stereocenters. The van der Waals surface area contributed by atoms with Crippen LogP contribution in [0.2, 0.25) is 0 Å². The Hall–Kier alpha value is -6.48. The van der Waals surface area contributed by atoms with E-state index in [1.807, 2.05) is 36.4 Å². The summed E-state index contributed by atoms with van der Waals surface area (Å²) in [6.45, 7) is 8.22. The average Bonchev–Trinajstić information content (AvgIpc) is 3.62. The predicted octanol–water partition coefficient (Wildman–Crippen LogP) is 12.4. The van der Waals surface area contributed by atoms with Crippen molar-refractivity contribution in [1.82, 2.24) is 0 Å². The van der Waals surface area contributed by atoms with E-state index in [-0.39, 0.29) is 0 Å². The van der Waals surface area contributed by atoms with E-state index in [2.05, 4.69) is 108 Å². The van der Waals surface area contributed by atoms with Crippen LogP contribution >= 0.6 is 0 Å². The first-order valence-electron chi connectivity index (χ1n) is 15.5. The Labute approximate surface area is 264 Å². The summed E-state index contributed by atoms with van der Waals surface area (Å²) in [6, 6.07) is 49.3. The molecule has 0 radical (unpaired) electrons. The van der Waals surface area contributed by atoms with Gasteiger partial charge < -0.3 is 0 Å². The Morgan fingerprint density at radius 3 is 1.74 bits per heavy atom. The van der Waals surface area contributed by atoms with Gasteiger partial charge in [0.2, 0.25) is 0 Å². The first kappa shape index (κ1) is 24.9. The highest BCUT2D eigenvalue weighted by molar-refractivity contribution is 6.45. The van der Waals surface area contributed by atoms with Crippen molar-refractivity contribution in [2.75, 3.05) is 0 Å². The summed E-state index contributed by atoms with van der Waals surface area (Å²) in [5.74, 6) is 0. The number of benzene rings is 8. The normalized spacial score (nSPS) is 11.9. The number of hydrogen-bond donors (Lipinski definition) is 0. The Morgan fingerprint density at radius 2 is 1.00 bits per heavy atom. The highest BCUT2D eigenvalue weighted by Gasteiger charge is 2.27. The van der Waals surface area contributed by atoms with E-state index in [0.29, 0.717) is 11.3 Å². The molecule has 0 heterocycles. The predicted molar refractivity (Wildman–Crippen MR) is 193 cm³/mol. The van der Waals surface area contributed by atoms with Crippen molar-refractivity contribution >= 4 is 81.1 Å². The molecule has 0 aliphatic carbocycles. The van der Waals surface area contributed by atoms with Gasteiger partial charge in [-0.05, 0) is 104 Å². The average molecular weight is 579 g/mol. The molecule has 10 aromatic rings. The third-order valence-electron chi connectivity index (χ3n) is 9.99. The molecule has 46 heavy (non-hydrogen) atoms. The van der Waals surface area contributed by atoms with Crippen molar-refractivity contribution in [3.05, 3.63) is 150 Å². The van der Waals surface area contributed by atoms with Gasteiger partial charge in [-0.25, -0.2) is 4.85 Å². The lowest BCUT2D eigenvalue weighted by molar-refractivity contribution is 1.49. The maximum atomic E-state index is 10.5. The molecule has 0 saturated heterocycles. The van der Waals surface area contributed by atoms with Gasteiger partial charge in [-0.1, -0.05) is 121 Å². The van der Waals surface area contributed by atoms with Crippen LogP contribution in [0.5, 0.6) is 0 Å². The lowest BCUT2D eigenvalue weighted by Gasteiger charge is -2.20. The zero-order chi connectivity index (χ0) is 30.5. The second-order valence-electron chi connectivity index (χ2n) is 12.1. The zero-order valence-electron chi connectivity index (χ0n) is 24.6. The fourth-order valence-corrected chi connectivity index (χ4v) is 8.28. The quantitative estimate of drug-likeness (QED) is 0.148. The molecule has 0 aliphatic heterocycles. The second kappa shape index (κ2) is 9.02. The van der Waals surface area contributed by atoms with Gasteiger partial charge in [-0.3, -0.25) is 0 Å². The van der Waals surface area contributed by atoms with Crippen molar-refractivity contribution < 1.29 is 0 Å². The molecule has 0 saturated carbocycles. The molecule has 10 rings (SSSR count). The lowest BCUT2D eigenvalue weighted by Crippen LogP contribution is -1.93. The first-order chi connectivity index (χ1) is 22.8. The number of fused-ring (bicyclic) bond motifs is 8. The van der Waals surface area contributed by atoms with Crippen molar-refractivity contribution in [2.45, 2.75) is 0 Å². The van der Waals surface area contributed by atoms with Crippen molar-refractivity contribution in [2.24, 2.45) is 0 Å². The van der Waals surface area contributed by atoms with E-state index < -0.39 is 0 Å². The summed E-state index contributed by atoms with van der Waals surface area (Å²) in [4.78, 5) is 4.04. The molecule has 0 fully saturated rings. The van der Waals surface area contributed by atoms with Crippen molar-refractivity contribution in [3.8, 4) is 28.3 Å². The number of nitriles is 1.